The molecule has 3 rings (SSSR count). The van der Waals surface area contributed by atoms with Crippen molar-refractivity contribution in [1.29, 1.82) is 0 Å². The van der Waals surface area contributed by atoms with Crippen LogP contribution in [0.2, 0.25) is 5.02 Å². The fourth-order valence-corrected chi connectivity index (χ4v) is 2.64. The molecule has 0 saturated carbocycles. The summed E-state index contributed by atoms with van der Waals surface area (Å²) in [6, 6.07) is 15.0. The summed E-state index contributed by atoms with van der Waals surface area (Å²) < 4.78 is 0. The van der Waals surface area contributed by atoms with E-state index in [0.717, 1.165) is 11.4 Å². The van der Waals surface area contributed by atoms with Crippen LogP contribution in [0.15, 0.2) is 48.5 Å². The second-order valence-electron chi connectivity index (χ2n) is 4.53. The van der Waals surface area contributed by atoms with Gasteiger partial charge >= 0.3 is 0 Å². The highest BCUT2D eigenvalue weighted by Gasteiger charge is 2.29. The Morgan fingerprint density at radius 3 is 2.45 bits per heavy atom. The minimum Gasteiger partial charge on any atom is -0.339 e. The van der Waals surface area contributed by atoms with Crippen molar-refractivity contribution >= 4 is 40.5 Å². The van der Waals surface area contributed by atoms with Gasteiger partial charge in [0.05, 0.1) is 23.9 Å². The predicted octanol–water partition coefficient (Wildman–Crippen LogP) is 3.96. The number of rotatable bonds is 2. The normalized spacial score (nSPS) is 14.4. The lowest BCUT2D eigenvalue weighted by molar-refractivity contribution is 0.0982. The van der Waals surface area contributed by atoms with Gasteiger partial charge in [-0.1, -0.05) is 23.7 Å². The Kier molecular flexibility index (Phi) is 3.55. The van der Waals surface area contributed by atoms with Crippen molar-refractivity contribution in [2.75, 3.05) is 22.5 Å². The van der Waals surface area contributed by atoms with Crippen molar-refractivity contribution in [3.63, 3.8) is 0 Å². The molecule has 0 atom stereocenters. The summed E-state index contributed by atoms with van der Waals surface area (Å²) in [7, 11) is 0. The maximum atomic E-state index is 12.6. The zero-order chi connectivity index (χ0) is 14.1. The minimum atomic E-state index is -0.0238. The molecule has 0 bridgehead atoms. The van der Waals surface area contributed by atoms with Gasteiger partial charge in [-0.2, -0.15) is 0 Å². The Hall–Kier alpha value is -1.71. The number of nitrogens with zero attached hydrogens (tertiary/aromatic N) is 2. The number of hydrogen-bond donors (Lipinski definition) is 0. The van der Waals surface area contributed by atoms with Gasteiger partial charge in [-0.15, -0.1) is 11.6 Å². The Balaban J connectivity index is 2.03. The van der Waals surface area contributed by atoms with Crippen LogP contribution in [0, 0.1) is 0 Å². The van der Waals surface area contributed by atoms with Gasteiger partial charge in [0.2, 0.25) is 0 Å². The molecule has 1 heterocycles. The number of para-hydroxylation sites is 1. The second kappa shape index (κ2) is 5.35. The van der Waals surface area contributed by atoms with Crippen molar-refractivity contribution in [3.8, 4) is 0 Å². The molecule has 20 heavy (non-hydrogen) atoms. The third-order valence-corrected chi connectivity index (χ3v) is 3.86. The van der Waals surface area contributed by atoms with Gasteiger partial charge in [0, 0.05) is 10.7 Å². The SMILES string of the molecule is O=C1c2ccccc2N(CCl)CN1c1ccc(Cl)cc1. The molecule has 0 spiro atoms. The van der Waals surface area contributed by atoms with Gasteiger partial charge in [0.1, 0.15) is 0 Å². The van der Waals surface area contributed by atoms with Crippen molar-refractivity contribution in [3.05, 3.63) is 59.1 Å². The van der Waals surface area contributed by atoms with Crippen LogP contribution in [0.3, 0.4) is 0 Å². The fourth-order valence-electron chi connectivity index (χ4n) is 2.31. The highest BCUT2D eigenvalue weighted by molar-refractivity contribution is 6.30. The number of halogens is 2. The summed E-state index contributed by atoms with van der Waals surface area (Å²) in [6.45, 7) is 0.432. The van der Waals surface area contributed by atoms with Gasteiger partial charge in [0.25, 0.3) is 5.91 Å². The molecule has 0 aliphatic carbocycles. The number of carbonyl (C=O) groups is 1. The highest BCUT2D eigenvalue weighted by Crippen LogP contribution is 2.30. The van der Waals surface area contributed by atoms with E-state index in [1.807, 2.05) is 41.3 Å². The minimum absolute atomic E-state index is 0.0238. The van der Waals surface area contributed by atoms with Crippen LogP contribution in [0.4, 0.5) is 11.4 Å². The van der Waals surface area contributed by atoms with Crippen LogP contribution in [0.1, 0.15) is 10.4 Å². The molecular weight excluding hydrogens is 295 g/mol. The molecule has 2 aromatic carbocycles. The van der Waals surface area contributed by atoms with Crippen LogP contribution in [-0.2, 0) is 0 Å². The number of benzene rings is 2. The lowest BCUT2D eigenvalue weighted by atomic mass is 10.1. The van der Waals surface area contributed by atoms with Gasteiger partial charge in [-0.3, -0.25) is 9.69 Å². The number of amides is 1. The summed E-state index contributed by atoms with van der Waals surface area (Å²) in [6.07, 6.45) is 0. The monoisotopic (exact) mass is 306 g/mol. The third-order valence-electron chi connectivity index (χ3n) is 3.32. The van der Waals surface area contributed by atoms with E-state index in [1.165, 1.54) is 0 Å². The zero-order valence-electron chi connectivity index (χ0n) is 10.6. The molecule has 1 amide bonds. The molecule has 1 aliphatic heterocycles. The van der Waals surface area contributed by atoms with Crippen LogP contribution < -0.4 is 9.80 Å². The quantitative estimate of drug-likeness (QED) is 0.619. The number of alkyl halides is 1. The average Bonchev–Trinajstić information content (AvgIpc) is 2.49. The van der Waals surface area contributed by atoms with Crippen LogP contribution in [0.5, 0.6) is 0 Å². The first-order valence-electron chi connectivity index (χ1n) is 6.18. The van der Waals surface area contributed by atoms with E-state index >= 15 is 0 Å². The lowest BCUT2D eigenvalue weighted by Crippen LogP contribution is -2.46. The zero-order valence-corrected chi connectivity index (χ0v) is 12.1. The van der Waals surface area contributed by atoms with Gasteiger partial charge in [-0.25, -0.2) is 0 Å². The first-order chi connectivity index (χ1) is 9.70. The molecule has 102 valence electrons. The maximum Gasteiger partial charge on any atom is 0.261 e. The van der Waals surface area contributed by atoms with E-state index in [1.54, 1.807) is 17.0 Å². The van der Waals surface area contributed by atoms with Crippen molar-refractivity contribution in [2.45, 2.75) is 0 Å². The predicted molar refractivity (Wildman–Crippen MR) is 82.8 cm³/mol. The Bertz CT molecular complexity index is 643. The van der Waals surface area contributed by atoms with Crippen LogP contribution in [-0.4, -0.2) is 18.6 Å². The van der Waals surface area contributed by atoms with E-state index in [4.69, 9.17) is 23.2 Å². The molecule has 3 nitrogen and oxygen atoms in total. The first kappa shape index (κ1) is 13.3. The number of fused-ring (bicyclic) bond motifs is 1. The second-order valence-corrected chi connectivity index (χ2v) is 5.20. The molecule has 5 heteroatoms. The molecule has 0 N–H and O–H groups in total. The van der Waals surface area contributed by atoms with E-state index in [-0.39, 0.29) is 5.91 Å². The van der Waals surface area contributed by atoms with Gasteiger partial charge in [0.15, 0.2) is 0 Å². The molecule has 0 saturated heterocycles. The fraction of sp³-hybridized carbons (Fsp3) is 0.133. The largest absolute Gasteiger partial charge is 0.339 e. The Labute approximate surface area is 127 Å². The molecular formula is C15H12Cl2N2O. The smallest absolute Gasteiger partial charge is 0.261 e. The lowest BCUT2D eigenvalue weighted by Gasteiger charge is -2.36. The summed E-state index contributed by atoms with van der Waals surface area (Å²) in [4.78, 5) is 16.2. The van der Waals surface area contributed by atoms with E-state index in [9.17, 15) is 4.79 Å². The Morgan fingerprint density at radius 2 is 1.75 bits per heavy atom. The van der Waals surface area contributed by atoms with Crippen molar-refractivity contribution < 1.29 is 4.79 Å². The van der Waals surface area contributed by atoms with E-state index in [0.29, 0.717) is 23.3 Å². The van der Waals surface area contributed by atoms with Crippen molar-refractivity contribution in [1.82, 2.24) is 0 Å². The molecule has 2 aromatic rings. The molecule has 0 unspecified atom stereocenters. The van der Waals surface area contributed by atoms with Gasteiger partial charge in [-0.05, 0) is 36.4 Å². The van der Waals surface area contributed by atoms with Gasteiger partial charge < -0.3 is 4.90 Å². The summed E-state index contributed by atoms with van der Waals surface area (Å²) >= 11 is 11.9. The molecule has 0 aromatic heterocycles. The molecule has 0 radical (unpaired) electrons. The van der Waals surface area contributed by atoms with Crippen LogP contribution in [0.25, 0.3) is 0 Å². The number of hydrogen-bond acceptors (Lipinski definition) is 2. The van der Waals surface area contributed by atoms with Crippen LogP contribution >= 0.6 is 23.2 Å². The standard InChI is InChI=1S/C15H12Cl2N2O/c16-9-18-10-19(12-7-5-11(17)6-8-12)15(20)13-3-1-2-4-14(13)18/h1-8H,9-10H2. The number of carbonyl (C=O) groups excluding carboxylic acids is 1. The maximum absolute atomic E-state index is 12.6. The summed E-state index contributed by atoms with van der Waals surface area (Å²) in [5.74, 6) is -0.0238. The van der Waals surface area contributed by atoms with E-state index in [2.05, 4.69) is 0 Å². The molecule has 0 fully saturated rings. The number of anilines is 2. The molecule has 1 aliphatic rings. The summed E-state index contributed by atoms with van der Waals surface area (Å²) in [5.41, 5.74) is 2.34. The topological polar surface area (TPSA) is 23.6 Å². The first-order valence-corrected chi connectivity index (χ1v) is 7.09. The van der Waals surface area contributed by atoms with E-state index < -0.39 is 0 Å². The highest BCUT2D eigenvalue weighted by atomic mass is 35.5. The van der Waals surface area contributed by atoms with Crippen molar-refractivity contribution in [2.24, 2.45) is 0 Å². The average molecular weight is 307 g/mol. The summed E-state index contributed by atoms with van der Waals surface area (Å²) in [5, 5.41) is 0.646. The third kappa shape index (κ3) is 2.23. The Morgan fingerprint density at radius 1 is 1.05 bits per heavy atom.